The fourth-order valence-corrected chi connectivity index (χ4v) is 5.40. The maximum atomic E-state index is 12.4. The van der Waals surface area contributed by atoms with Crippen molar-refractivity contribution in [3.8, 4) is 0 Å². The zero-order valence-corrected chi connectivity index (χ0v) is 27.0. The second-order valence-corrected chi connectivity index (χ2v) is 12.6. The summed E-state index contributed by atoms with van der Waals surface area (Å²) in [6, 6.07) is -1.01. The van der Waals surface area contributed by atoms with Gasteiger partial charge in [0.2, 0.25) is 5.91 Å². The molecule has 3 N–H and O–H groups in total. The van der Waals surface area contributed by atoms with Gasteiger partial charge in [0.1, 0.15) is 0 Å². The van der Waals surface area contributed by atoms with Crippen molar-refractivity contribution in [2.45, 2.75) is 154 Å². The molecule has 0 saturated carbocycles. The Morgan fingerprint density at radius 3 is 1.59 bits per heavy atom. The van der Waals surface area contributed by atoms with Crippen molar-refractivity contribution in [3.05, 3.63) is 48.6 Å². The summed E-state index contributed by atoms with van der Waals surface area (Å²) in [6.07, 6.45) is 36.4. The first kappa shape index (κ1) is 39.3. The molecule has 6 nitrogen and oxygen atoms in total. The van der Waals surface area contributed by atoms with E-state index in [0.29, 0.717) is 12.8 Å². The summed E-state index contributed by atoms with van der Waals surface area (Å²) < 4.78 is 32.3. The van der Waals surface area contributed by atoms with Gasteiger partial charge in [0, 0.05) is 6.42 Å². The largest absolute Gasteiger partial charge is 0.391 e. The van der Waals surface area contributed by atoms with E-state index in [1.807, 2.05) is 12.2 Å². The highest BCUT2D eigenvalue weighted by molar-refractivity contribution is 7.85. The Bertz CT molecular complexity index is 832. The van der Waals surface area contributed by atoms with Crippen LogP contribution in [-0.4, -0.2) is 41.9 Å². The number of aliphatic hydroxyl groups excluding tert-OH is 1. The van der Waals surface area contributed by atoms with Gasteiger partial charge in [-0.3, -0.25) is 9.35 Å². The molecule has 0 aromatic rings. The summed E-state index contributed by atoms with van der Waals surface area (Å²) in [5.74, 6) is -1.01. The molecule has 238 valence electrons. The Morgan fingerprint density at radius 2 is 1.12 bits per heavy atom. The molecule has 0 spiro atoms. The second kappa shape index (κ2) is 28.4. The molecule has 0 aliphatic rings. The molecule has 0 aliphatic heterocycles. The van der Waals surface area contributed by atoms with Gasteiger partial charge < -0.3 is 10.4 Å². The molecule has 0 bridgehead atoms. The molecular weight excluding hydrogens is 534 g/mol. The maximum absolute atomic E-state index is 12.4. The predicted molar refractivity (Wildman–Crippen MR) is 175 cm³/mol. The Kier molecular flexibility index (Phi) is 27.2. The average molecular weight is 596 g/mol. The van der Waals surface area contributed by atoms with Crippen molar-refractivity contribution in [1.82, 2.24) is 5.32 Å². The van der Waals surface area contributed by atoms with Crippen LogP contribution >= 0.6 is 0 Å². The standard InChI is InChI=1S/C34H61NO5S/c1-3-5-7-9-11-13-15-17-19-21-23-25-27-29-33(36)32(31-41(38,39)40)35-34(37)30-28-26-24-22-20-18-16-14-12-10-8-6-4-2/h6,8,12,14,18,20,24,26,32-33,36H,3-5,7,9-11,13,15-17,19,21-23,25,27-31H2,1-2H3,(H,35,37)(H,38,39,40)/b8-6-,14-12-,20-18-,26-24-. The van der Waals surface area contributed by atoms with Gasteiger partial charge in [-0.1, -0.05) is 146 Å². The Morgan fingerprint density at radius 1 is 0.683 bits per heavy atom. The molecule has 0 aromatic heterocycles. The molecule has 0 aromatic carbocycles. The molecule has 2 unspecified atom stereocenters. The number of rotatable bonds is 28. The van der Waals surface area contributed by atoms with Crippen LogP contribution in [0.4, 0.5) is 0 Å². The molecule has 0 aliphatic carbocycles. The van der Waals surface area contributed by atoms with Crippen LogP contribution in [0.1, 0.15) is 142 Å². The van der Waals surface area contributed by atoms with Crippen LogP contribution < -0.4 is 5.32 Å². The number of nitrogens with one attached hydrogen (secondary N) is 1. The van der Waals surface area contributed by atoms with E-state index < -0.39 is 28.0 Å². The number of allylic oxidation sites excluding steroid dienone is 8. The SMILES string of the molecule is CC/C=C\C/C=C\C/C=C\C/C=C\CCC(=O)NC(CS(=O)(=O)O)C(O)CCCCCCCCCCCCCCC. The van der Waals surface area contributed by atoms with Gasteiger partial charge in [-0.25, -0.2) is 0 Å². The average Bonchev–Trinajstić information content (AvgIpc) is 2.92. The third kappa shape index (κ3) is 29.6. The number of hydrogen-bond acceptors (Lipinski definition) is 4. The van der Waals surface area contributed by atoms with Crippen LogP contribution in [-0.2, 0) is 14.9 Å². The van der Waals surface area contributed by atoms with E-state index in [9.17, 15) is 22.9 Å². The van der Waals surface area contributed by atoms with E-state index >= 15 is 0 Å². The summed E-state index contributed by atoms with van der Waals surface area (Å²) in [7, 11) is -4.32. The first-order chi connectivity index (χ1) is 19.8. The molecule has 0 rings (SSSR count). The topological polar surface area (TPSA) is 104 Å². The number of hydrogen-bond donors (Lipinski definition) is 3. The van der Waals surface area contributed by atoms with Crippen LogP contribution in [0.15, 0.2) is 48.6 Å². The van der Waals surface area contributed by atoms with Crippen molar-refractivity contribution in [2.75, 3.05) is 5.75 Å². The smallest absolute Gasteiger partial charge is 0.266 e. The highest BCUT2D eigenvalue weighted by atomic mass is 32.2. The van der Waals surface area contributed by atoms with E-state index in [2.05, 4.69) is 55.6 Å². The predicted octanol–water partition coefficient (Wildman–Crippen LogP) is 8.79. The molecule has 1 amide bonds. The highest BCUT2D eigenvalue weighted by Crippen LogP contribution is 2.14. The monoisotopic (exact) mass is 595 g/mol. The normalized spacial score (nSPS) is 14.1. The number of carbonyl (C=O) groups excluding carboxylic acids is 1. The van der Waals surface area contributed by atoms with Gasteiger partial charge in [0.25, 0.3) is 10.1 Å². The number of unbranched alkanes of at least 4 members (excludes halogenated alkanes) is 12. The molecule has 7 heteroatoms. The Balaban J connectivity index is 4.12. The lowest BCUT2D eigenvalue weighted by molar-refractivity contribution is -0.122. The summed E-state index contributed by atoms with van der Waals surface area (Å²) in [5.41, 5.74) is 0. The van der Waals surface area contributed by atoms with Crippen molar-refractivity contribution in [3.63, 3.8) is 0 Å². The van der Waals surface area contributed by atoms with Gasteiger partial charge in [-0.15, -0.1) is 0 Å². The van der Waals surface area contributed by atoms with E-state index in [1.54, 1.807) is 0 Å². The summed E-state index contributed by atoms with van der Waals surface area (Å²) >= 11 is 0. The minimum absolute atomic E-state index is 0.196. The fraction of sp³-hybridized carbons (Fsp3) is 0.735. The maximum Gasteiger partial charge on any atom is 0.266 e. The van der Waals surface area contributed by atoms with E-state index in [-0.39, 0.29) is 12.3 Å². The van der Waals surface area contributed by atoms with Gasteiger partial charge in [-0.2, -0.15) is 8.42 Å². The lowest BCUT2D eigenvalue weighted by atomic mass is 10.0. The third-order valence-corrected chi connectivity index (χ3v) is 7.84. The zero-order chi connectivity index (χ0) is 30.4. The highest BCUT2D eigenvalue weighted by Gasteiger charge is 2.25. The number of carbonyl (C=O) groups is 1. The Labute approximate surface area is 252 Å². The third-order valence-electron chi connectivity index (χ3n) is 7.06. The molecule has 0 fully saturated rings. The molecule has 0 heterocycles. The summed E-state index contributed by atoms with van der Waals surface area (Å²) in [5, 5.41) is 13.2. The molecule has 41 heavy (non-hydrogen) atoms. The minimum atomic E-state index is -4.32. The zero-order valence-electron chi connectivity index (χ0n) is 26.2. The minimum Gasteiger partial charge on any atom is -0.391 e. The van der Waals surface area contributed by atoms with Crippen molar-refractivity contribution < 1.29 is 22.9 Å². The molecule has 0 radical (unpaired) electrons. The molecule has 2 atom stereocenters. The fourth-order valence-electron chi connectivity index (χ4n) is 4.64. The number of amides is 1. The van der Waals surface area contributed by atoms with Gasteiger partial charge in [0.05, 0.1) is 17.9 Å². The summed E-state index contributed by atoms with van der Waals surface area (Å²) in [6.45, 7) is 4.36. The Hall–Kier alpha value is -1.70. The molecular formula is C34H61NO5S. The van der Waals surface area contributed by atoms with Crippen molar-refractivity contribution in [2.24, 2.45) is 0 Å². The van der Waals surface area contributed by atoms with Crippen LogP contribution in [0.2, 0.25) is 0 Å². The van der Waals surface area contributed by atoms with Crippen LogP contribution in [0, 0.1) is 0 Å². The second-order valence-electron chi connectivity index (χ2n) is 11.1. The van der Waals surface area contributed by atoms with E-state index in [1.165, 1.54) is 64.2 Å². The van der Waals surface area contributed by atoms with Gasteiger partial charge >= 0.3 is 0 Å². The van der Waals surface area contributed by atoms with Gasteiger partial charge in [-0.05, 0) is 38.5 Å². The van der Waals surface area contributed by atoms with Gasteiger partial charge in [0.15, 0.2) is 0 Å². The summed E-state index contributed by atoms with van der Waals surface area (Å²) in [4.78, 5) is 12.4. The van der Waals surface area contributed by atoms with E-state index in [0.717, 1.165) is 44.9 Å². The first-order valence-electron chi connectivity index (χ1n) is 16.3. The van der Waals surface area contributed by atoms with E-state index in [4.69, 9.17) is 0 Å². The lowest BCUT2D eigenvalue weighted by Crippen LogP contribution is -2.47. The van der Waals surface area contributed by atoms with Crippen LogP contribution in [0.25, 0.3) is 0 Å². The van der Waals surface area contributed by atoms with Crippen molar-refractivity contribution in [1.29, 1.82) is 0 Å². The lowest BCUT2D eigenvalue weighted by Gasteiger charge is -2.23. The number of aliphatic hydroxyl groups is 1. The van der Waals surface area contributed by atoms with Crippen LogP contribution in [0.5, 0.6) is 0 Å². The quantitative estimate of drug-likeness (QED) is 0.0476. The first-order valence-corrected chi connectivity index (χ1v) is 17.9. The van der Waals surface area contributed by atoms with Crippen LogP contribution in [0.3, 0.4) is 0 Å². The van der Waals surface area contributed by atoms with Crippen molar-refractivity contribution >= 4 is 16.0 Å². The molecule has 0 saturated heterocycles.